The van der Waals surface area contributed by atoms with E-state index in [1.54, 1.807) is 0 Å². The second-order valence-corrected chi connectivity index (χ2v) is 8.91. The van der Waals surface area contributed by atoms with Gasteiger partial charge in [0.1, 0.15) is 0 Å². The molecule has 2 fully saturated rings. The van der Waals surface area contributed by atoms with Gasteiger partial charge in [-0.25, -0.2) is 0 Å². The SMILES string of the molecule is N#Cc1ccc2[nH]c(-c3cccc4c(C(=O)N5C[C@H]6C[C@@]6(CO)C5)cccc34)cc2c1. The number of nitrogens with one attached hydrogen (secondary N) is 1. The maximum Gasteiger partial charge on any atom is 0.254 e. The van der Waals surface area contributed by atoms with Crippen molar-refractivity contribution in [3.63, 3.8) is 0 Å². The number of amides is 1. The number of H-pyrrole nitrogens is 1. The van der Waals surface area contributed by atoms with E-state index in [0.29, 0.717) is 23.6 Å². The van der Waals surface area contributed by atoms with Crippen LogP contribution in [0.4, 0.5) is 0 Å². The number of aliphatic hydroxyl groups is 1. The zero-order valence-corrected chi connectivity index (χ0v) is 16.9. The van der Waals surface area contributed by atoms with Gasteiger partial charge in [0.2, 0.25) is 0 Å². The Morgan fingerprint density at radius 3 is 2.81 bits per heavy atom. The van der Waals surface area contributed by atoms with Crippen LogP contribution in [0.5, 0.6) is 0 Å². The zero-order valence-electron chi connectivity index (χ0n) is 16.9. The Kier molecular flexibility index (Phi) is 3.77. The smallest absolute Gasteiger partial charge is 0.254 e. The minimum Gasteiger partial charge on any atom is -0.396 e. The number of aromatic amines is 1. The van der Waals surface area contributed by atoms with Crippen LogP contribution in [0.3, 0.4) is 0 Å². The predicted octanol–water partition coefficient (Wildman–Crippen LogP) is 4.31. The topological polar surface area (TPSA) is 80.1 Å². The largest absolute Gasteiger partial charge is 0.396 e. The third-order valence-electron chi connectivity index (χ3n) is 7.10. The van der Waals surface area contributed by atoms with Gasteiger partial charge in [-0.2, -0.15) is 5.26 Å². The lowest BCUT2D eigenvalue weighted by Gasteiger charge is -2.21. The average Bonchev–Trinajstić information content (AvgIpc) is 3.15. The van der Waals surface area contributed by atoms with Gasteiger partial charge in [0, 0.05) is 46.2 Å². The molecule has 1 aliphatic carbocycles. The first-order valence-corrected chi connectivity index (χ1v) is 10.6. The number of hydrogen-bond acceptors (Lipinski definition) is 3. The average molecular weight is 407 g/mol. The highest BCUT2D eigenvalue weighted by Crippen LogP contribution is 2.57. The quantitative estimate of drug-likeness (QED) is 0.531. The maximum absolute atomic E-state index is 13.4. The minimum atomic E-state index is -0.0575. The van der Waals surface area contributed by atoms with Crippen LogP contribution >= 0.6 is 0 Å². The van der Waals surface area contributed by atoms with E-state index in [9.17, 15) is 15.2 Å². The Balaban J connectivity index is 1.42. The molecular weight excluding hydrogens is 386 g/mol. The summed E-state index contributed by atoms with van der Waals surface area (Å²) in [6.45, 7) is 1.54. The van der Waals surface area contributed by atoms with Crippen molar-refractivity contribution in [1.82, 2.24) is 9.88 Å². The number of benzene rings is 3. The molecule has 152 valence electrons. The van der Waals surface area contributed by atoms with Crippen molar-refractivity contribution in [3.05, 3.63) is 71.8 Å². The fraction of sp³-hybridized carbons (Fsp3) is 0.231. The first kappa shape index (κ1) is 18.2. The first-order valence-electron chi connectivity index (χ1n) is 10.6. The van der Waals surface area contributed by atoms with Crippen LogP contribution < -0.4 is 0 Å². The van der Waals surface area contributed by atoms with Crippen molar-refractivity contribution in [1.29, 1.82) is 5.26 Å². The van der Waals surface area contributed by atoms with Crippen molar-refractivity contribution in [2.45, 2.75) is 6.42 Å². The van der Waals surface area contributed by atoms with Gasteiger partial charge in [0.05, 0.1) is 18.2 Å². The monoisotopic (exact) mass is 407 g/mol. The van der Waals surface area contributed by atoms with E-state index >= 15 is 0 Å². The van der Waals surface area contributed by atoms with Crippen LogP contribution in [0, 0.1) is 22.7 Å². The Labute approximate surface area is 179 Å². The summed E-state index contributed by atoms with van der Waals surface area (Å²) in [4.78, 5) is 18.7. The second-order valence-electron chi connectivity index (χ2n) is 8.91. The molecule has 3 aromatic carbocycles. The third kappa shape index (κ3) is 2.69. The Morgan fingerprint density at radius 1 is 1.16 bits per heavy atom. The van der Waals surface area contributed by atoms with Gasteiger partial charge in [-0.15, -0.1) is 0 Å². The van der Waals surface area contributed by atoms with Gasteiger partial charge in [-0.3, -0.25) is 4.79 Å². The summed E-state index contributed by atoms with van der Waals surface area (Å²) in [7, 11) is 0. The molecule has 1 amide bonds. The van der Waals surface area contributed by atoms with Crippen LogP contribution in [0.2, 0.25) is 0 Å². The lowest BCUT2D eigenvalue weighted by molar-refractivity contribution is 0.0753. The normalized spacial score (nSPS) is 21.9. The highest BCUT2D eigenvalue weighted by molar-refractivity contribution is 6.10. The number of rotatable bonds is 3. The molecule has 0 unspecified atom stereocenters. The number of aromatic nitrogens is 1. The van der Waals surface area contributed by atoms with Gasteiger partial charge in [0.25, 0.3) is 5.91 Å². The number of aliphatic hydroxyl groups excluding tert-OH is 1. The van der Waals surface area contributed by atoms with Gasteiger partial charge in [-0.05, 0) is 53.4 Å². The molecule has 5 nitrogen and oxygen atoms in total. The number of carbonyl (C=O) groups excluding carboxylic acids is 1. The number of fused-ring (bicyclic) bond motifs is 3. The molecule has 0 spiro atoms. The van der Waals surface area contributed by atoms with Gasteiger partial charge in [-0.1, -0.05) is 30.3 Å². The summed E-state index contributed by atoms with van der Waals surface area (Å²) in [5.74, 6) is 0.481. The number of nitrogens with zero attached hydrogens (tertiary/aromatic N) is 2. The lowest BCUT2D eigenvalue weighted by atomic mass is 9.97. The predicted molar refractivity (Wildman–Crippen MR) is 119 cm³/mol. The summed E-state index contributed by atoms with van der Waals surface area (Å²) in [5, 5.41) is 21.8. The minimum absolute atomic E-state index is 0.0399. The van der Waals surface area contributed by atoms with Crippen molar-refractivity contribution in [3.8, 4) is 17.3 Å². The third-order valence-corrected chi connectivity index (χ3v) is 7.10. The fourth-order valence-corrected chi connectivity index (χ4v) is 5.24. The molecular formula is C26H21N3O2. The molecule has 1 saturated heterocycles. The molecule has 0 bridgehead atoms. The van der Waals surface area contributed by atoms with Crippen LogP contribution in [0.15, 0.2) is 60.7 Å². The van der Waals surface area contributed by atoms with Crippen LogP contribution in [0.1, 0.15) is 22.3 Å². The molecule has 1 saturated carbocycles. The standard InChI is InChI=1S/C26H21N3O2/c27-12-16-7-8-23-17(9-16)10-24(28-23)21-5-1-4-20-19(21)3-2-6-22(20)25(31)29-13-18-11-26(18,14-29)15-30/h1-10,18,28,30H,11,13-15H2/t18-,26+/m1/s1. The maximum atomic E-state index is 13.4. The van der Waals surface area contributed by atoms with E-state index in [-0.39, 0.29) is 17.9 Å². The van der Waals surface area contributed by atoms with Crippen LogP contribution in [0.25, 0.3) is 32.9 Å². The number of piperidine rings is 1. The number of carbonyl (C=O) groups is 1. The molecule has 31 heavy (non-hydrogen) atoms. The second kappa shape index (κ2) is 6.44. The molecule has 2 heterocycles. The van der Waals surface area contributed by atoms with E-state index in [4.69, 9.17) is 0 Å². The Bertz CT molecular complexity index is 1410. The number of nitriles is 1. The molecule has 2 aliphatic rings. The van der Waals surface area contributed by atoms with E-state index in [0.717, 1.165) is 45.9 Å². The molecule has 1 aromatic heterocycles. The first-order chi connectivity index (χ1) is 15.1. The van der Waals surface area contributed by atoms with Gasteiger partial charge in [0.15, 0.2) is 0 Å². The summed E-state index contributed by atoms with van der Waals surface area (Å²) >= 11 is 0. The van der Waals surface area contributed by atoms with Gasteiger partial charge < -0.3 is 15.0 Å². The molecule has 5 heteroatoms. The van der Waals surface area contributed by atoms with E-state index in [1.807, 2.05) is 53.4 Å². The highest BCUT2D eigenvalue weighted by atomic mass is 16.3. The lowest BCUT2D eigenvalue weighted by Crippen LogP contribution is -2.32. The molecule has 6 rings (SSSR count). The summed E-state index contributed by atoms with van der Waals surface area (Å²) < 4.78 is 0. The fourth-order valence-electron chi connectivity index (χ4n) is 5.24. The number of hydrogen-bond donors (Lipinski definition) is 2. The van der Waals surface area contributed by atoms with Crippen molar-refractivity contribution < 1.29 is 9.90 Å². The van der Waals surface area contributed by atoms with Crippen molar-refractivity contribution in [2.24, 2.45) is 11.3 Å². The van der Waals surface area contributed by atoms with Crippen LogP contribution in [-0.4, -0.2) is 40.6 Å². The van der Waals surface area contributed by atoms with E-state index < -0.39 is 0 Å². The van der Waals surface area contributed by atoms with E-state index in [2.05, 4.69) is 23.2 Å². The molecule has 2 atom stereocenters. The molecule has 4 aromatic rings. The van der Waals surface area contributed by atoms with Crippen LogP contribution in [-0.2, 0) is 0 Å². The highest BCUT2D eigenvalue weighted by Gasteiger charge is 2.60. The van der Waals surface area contributed by atoms with E-state index in [1.165, 1.54) is 0 Å². The zero-order chi connectivity index (χ0) is 21.2. The number of likely N-dealkylation sites (tertiary alicyclic amines) is 1. The van der Waals surface area contributed by atoms with Crippen molar-refractivity contribution in [2.75, 3.05) is 19.7 Å². The summed E-state index contributed by atoms with van der Waals surface area (Å²) in [5.41, 5.74) is 4.24. The summed E-state index contributed by atoms with van der Waals surface area (Å²) in [6, 6.07) is 21.8. The Morgan fingerprint density at radius 2 is 2.00 bits per heavy atom. The summed E-state index contributed by atoms with van der Waals surface area (Å²) in [6.07, 6.45) is 1.03. The molecule has 1 aliphatic heterocycles. The Hall–Kier alpha value is -3.62. The van der Waals surface area contributed by atoms with Gasteiger partial charge >= 0.3 is 0 Å². The molecule has 0 radical (unpaired) electrons. The molecule has 2 N–H and O–H groups in total. The van der Waals surface area contributed by atoms with Crippen molar-refractivity contribution >= 4 is 27.6 Å².